The highest BCUT2D eigenvalue weighted by Crippen LogP contribution is 2.61. The molecule has 4 bridgehead atoms. The maximum Gasteiger partial charge on any atom is 0.229 e. The van der Waals surface area contributed by atoms with Gasteiger partial charge in [-0.05, 0) is 89.1 Å². The van der Waals surface area contributed by atoms with Gasteiger partial charge in [-0.25, -0.2) is 0 Å². The first-order chi connectivity index (χ1) is 12.0. The molecule has 1 amide bonds. The third-order valence-electron chi connectivity index (χ3n) is 7.99. The number of likely N-dealkylation sites (tertiary alicyclic amines) is 1. The van der Waals surface area contributed by atoms with Crippen molar-refractivity contribution >= 4 is 5.91 Å². The van der Waals surface area contributed by atoms with E-state index in [2.05, 4.69) is 23.9 Å². The van der Waals surface area contributed by atoms with E-state index in [0.717, 1.165) is 50.4 Å². The highest BCUT2D eigenvalue weighted by Gasteiger charge is 2.58. The van der Waals surface area contributed by atoms with Crippen LogP contribution in [0.4, 0.5) is 0 Å². The lowest BCUT2D eigenvalue weighted by atomic mass is 9.49. The van der Waals surface area contributed by atoms with E-state index in [1.165, 1.54) is 44.9 Å². The van der Waals surface area contributed by atoms with Crippen molar-refractivity contribution in [3.05, 3.63) is 0 Å². The van der Waals surface area contributed by atoms with Gasteiger partial charge in [0.1, 0.15) is 5.60 Å². The van der Waals surface area contributed by atoms with Crippen LogP contribution >= 0.6 is 0 Å². The fourth-order valence-corrected chi connectivity index (χ4v) is 7.33. The fraction of sp³-hybridized carbons (Fsp3) is 0.952. The summed E-state index contributed by atoms with van der Waals surface area (Å²) in [6.45, 7) is 3.72. The van der Waals surface area contributed by atoms with E-state index in [1.54, 1.807) is 0 Å². The van der Waals surface area contributed by atoms with Gasteiger partial charge in [-0.3, -0.25) is 4.79 Å². The molecule has 1 atom stereocenters. The monoisotopic (exact) mass is 346 g/mol. The van der Waals surface area contributed by atoms with Gasteiger partial charge in [0, 0.05) is 6.54 Å². The van der Waals surface area contributed by atoms with Crippen molar-refractivity contribution < 1.29 is 9.53 Å². The van der Waals surface area contributed by atoms with E-state index in [0.29, 0.717) is 11.8 Å². The minimum atomic E-state index is 0.000761. The highest BCUT2D eigenvalue weighted by atomic mass is 16.5. The van der Waals surface area contributed by atoms with Crippen LogP contribution in [0.25, 0.3) is 0 Å². The van der Waals surface area contributed by atoms with Crippen molar-refractivity contribution in [2.24, 2.45) is 29.1 Å². The summed E-state index contributed by atoms with van der Waals surface area (Å²) in [4.78, 5) is 17.8. The van der Waals surface area contributed by atoms with E-state index >= 15 is 0 Å². The molecule has 140 valence electrons. The van der Waals surface area contributed by atoms with Crippen LogP contribution in [0.15, 0.2) is 0 Å². The average Bonchev–Trinajstić information content (AvgIpc) is 2.51. The number of hydrogen-bond acceptors (Lipinski definition) is 3. The molecule has 6 rings (SSSR count). The standard InChI is InChI=1S/C21H34N2O2/c1-22(2)11-15-3-4-21(25-12-15)13-23(14-21)19(24)20-8-16-5-17(9-20)7-18(6-16)10-20/h15-18H,3-14H2,1-2H3. The largest absolute Gasteiger partial charge is 0.371 e. The molecule has 6 aliphatic rings. The Morgan fingerprint density at radius 3 is 2.16 bits per heavy atom. The van der Waals surface area contributed by atoms with Crippen molar-refractivity contribution in [1.82, 2.24) is 9.80 Å². The summed E-state index contributed by atoms with van der Waals surface area (Å²) in [7, 11) is 4.28. The fourth-order valence-electron chi connectivity index (χ4n) is 7.33. The number of hydrogen-bond donors (Lipinski definition) is 0. The smallest absolute Gasteiger partial charge is 0.229 e. The van der Waals surface area contributed by atoms with Crippen molar-refractivity contribution in [3.63, 3.8) is 0 Å². The van der Waals surface area contributed by atoms with Gasteiger partial charge in [-0.1, -0.05) is 0 Å². The van der Waals surface area contributed by atoms with Crippen LogP contribution < -0.4 is 0 Å². The first kappa shape index (κ1) is 16.6. The molecule has 4 aliphatic carbocycles. The molecule has 6 fully saturated rings. The van der Waals surface area contributed by atoms with Gasteiger partial charge in [-0.15, -0.1) is 0 Å². The topological polar surface area (TPSA) is 32.8 Å². The Kier molecular flexibility index (Phi) is 3.77. The Morgan fingerprint density at radius 1 is 1.08 bits per heavy atom. The summed E-state index contributed by atoms with van der Waals surface area (Å²) in [5.41, 5.74) is 0.0270. The van der Waals surface area contributed by atoms with E-state index < -0.39 is 0 Å². The van der Waals surface area contributed by atoms with Gasteiger partial charge in [0.2, 0.25) is 5.91 Å². The van der Waals surface area contributed by atoms with Crippen LogP contribution in [-0.2, 0) is 9.53 Å². The van der Waals surface area contributed by atoms with E-state index in [9.17, 15) is 4.79 Å². The van der Waals surface area contributed by atoms with Crippen LogP contribution in [0.5, 0.6) is 0 Å². The molecule has 4 saturated carbocycles. The second-order valence-corrected chi connectivity index (χ2v) is 10.5. The Morgan fingerprint density at radius 2 is 1.68 bits per heavy atom. The normalized spacial score (nSPS) is 44.4. The lowest BCUT2D eigenvalue weighted by Gasteiger charge is -2.60. The van der Waals surface area contributed by atoms with Gasteiger partial charge in [-0.2, -0.15) is 0 Å². The lowest BCUT2D eigenvalue weighted by molar-refractivity contribution is -0.203. The number of ether oxygens (including phenoxy) is 1. The minimum absolute atomic E-state index is 0.000761. The molecule has 2 saturated heterocycles. The van der Waals surface area contributed by atoms with Crippen molar-refractivity contribution in [1.29, 1.82) is 0 Å². The molecule has 2 heterocycles. The average molecular weight is 347 g/mol. The van der Waals surface area contributed by atoms with E-state index in [-0.39, 0.29) is 11.0 Å². The molecule has 4 nitrogen and oxygen atoms in total. The summed E-state index contributed by atoms with van der Waals surface area (Å²) in [6.07, 6.45) is 10.2. The first-order valence-corrected chi connectivity index (χ1v) is 10.5. The molecule has 1 spiro atoms. The van der Waals surface area contributed by atoms with Crippen LogP contribution in [-0.4, -0.2) is 61.6 Å². The van der Waals surface area contributed by atoms with Gasteiger partial charge in [0.05, 0.1) is 25.1 Å². The van der Waals surface area contributed by atoms with Gasteiger partial charge in [0.15, 0.2) is 0 Å². The molecule has 0 radical (unpaired) electrons. The molecule has 2 aliphatic heterocycles. The molecule has 0 aromatic rings. The highest BCUT2D eigenvalue weighted by molar-refractivity contribution is 5.84. The van der Waals surface area contributed by atoms with Crippen LogP contribution in [0, 0.1) is 29.1 Å². The van der Waals surface area contributed by atoms with Crippen molar-refractivity contribution in [2.75, 3.05) is 40.3 Å². The predicted molar refractivity (Wildman–Crippen MR) is 97.1 cm³/mol. The summed E-state index contributed by atoms with van der Waals surface area (Å²) in [6, 6.07) is 0. The zero-order valence-electron chi connectivity index (χ0n) is 16.0. The molecule has 0 N–H and O–H groups in total. The maximum absolute atomic E-state index is 13.4. The second kappa shape index (κ2) is 5.69. The lowest BCUT2D eigenvalue weighted by Crippen LogP contribution is -2.69. The van der Waals surface area contributed by atoms with E-state index in [1.807, 2.05) is 0 Å². The summed E-state index contributed by atoms with van der Waals surface area (Å²) < 4.78 is 6.29. The zero-order chi connectivity index (χ0) is 17.2. The number of amides is 1. The van der Waals surface area contributed by atoms with Gasteiger partial charge < -0.3 is 14.5 Å². The molecule has 1 unspecified atom stereocenters. The van der Waals surface area contributed by atoms with Gasteiger partial charge in [0.25, 0.3) is 0 Å². The maximum atomic E-state index is 13.4. The summed E-state index contributed by atoms with van der Waals surface area (Å²) in [5.74, 6) is 3.71. The molecular weight excluding hydrogens is 312 g/mol. The number of carbonyl (C=O) groups excluding carboxylic acids is 1. The Hall–Kier alpha value is -0.610. The third kappa shape index (κ3) is 2.75. The van der Waals surface area contributed by atoms with Crippen LogP contribution in [0.2, 0.25) is 0 Å². The third-order valence-corrected chi connectivity index (χ3v) is 7.99. The molecule has 0 aromatic heterocycles. The Bertz CT molecular complexity index is 507. The summed E-state index contributed by atoms with van der Waals surface area (Å²) in [5, 5.41) is 0. The molecular formula is C21H34N2O2. The number of carbonyl (C=O) groups is 1. The second-order valence-electron chi connectivity index (χ2n) is 10.5. The number of nitrogens with zero attached hydrogens (tertiary/aromatic N) is 2. The first-order valence-electron chi connectivity index (χ1n) is 10.5. The summed E-state index contributed by atoms with van der Waals surface area (Å²) >= 11 is 0. The molecule has 0 aromatic carbocycles. The quantitative estimate of drug-likeness (QED) is 0.788. The van der Waals surface area contributed by atoms with Crippen molar-refractivity contribution in [2.45, 2.75) is 57.0 Å². The SMILES string of the molecule is CN(C)CC1CCC2(CN(C(=O)C34CC5CC(CC(C5)C3)C4)C2)OC1. The number of rotatable bonds is 3. The van der Waals surface area contributed by atoms with Gasteiger partial charge >= 0.3 is 0 Å². The predicted octanol–water partition coefficient (Wildman–Crippen LogP) is 2.77. The Balaban J connectivity index is 1.19. The zero-order valence-corrected chi connectivity index (χ0v) is 16.0. The minimum Gasteiger partial charge on any atom is -0.371 e. The van der Waals surface area contributed by atoms with Crippen LogP contribution in [0.3, 0.4) is 0 Å². The molecule has 25 heavy (non-hydrogen) atoms. The Labute approximate surface area is 152 Å². The van der Waals surface area contributed by atoms with Crippen LogP contribution in [0.1, 0.15) is 51.4 Å². The van der Waals surface area contributed by atoms with E-state index in [4.69, 9.17) is 4.74 Å². The van der Waals surface area contributed by atoms with Crippen molar-refractivity contribution in [3.8, 4) is 0 Å². The molecule has 4 heteroatoms.